The highest BCUT2D eigenvalue weighted by Gasteiger charge is 1.92. The second-order valence-electron chi connectivity index (χ2n) is 3.56. The summed E-state index contributed by atoms with van der Waals surface area (Å²) in [6.07, 6.45) is 5.00. The van der Waals surface area contributed by atoms with Gasteiger partial charge in [0.05, 0.1) is 0 Å². The zero-order chi connectivity index (χ0) is 13.2. The number of rotatable bonds is 2. The van der Waals surface area contributed by atoms with Crippen LogP contribution in [0.5, 0.6) is 0 Å². The highest BCUT2D eigenvalue weighted by molar-refractivity contribution is 5.93. The molecule has 0 atom stereocenters. The number of carbonyl (C=O) groups is 1. The van der Waals surface area contributed by atoms with Crippen molar-refractivity contribution < 1.29 is 4.79 Å². The summed E-state index contributed by atoms with van der Waals surface area (Å²) in [6, 6.07) is 21.2. The molecule has 1 N–H and O–H groups in total. The quantitative estimate of drug-likeness (QED) is 0.491. The Bertz CT molecular complexity index is 512. The first-order valence-electron chi connectivity index (χ1n) is 5.56. The minimum Gasteiger partial charge on any atom is -0.315 e. The van der Waals surface area contributed by atoms with E-state index in [1.54, 1.807) is 6.92 Å². The molecule has 0 unspecified atom stereocenters. The fourth-order valence-electron chi connectivity index (χ4n) is 1.28. The first-order valence-corrected chi connectivity index (χ1v) is 5.56. The number of ketones is 1. The predicted octanol–water partition coefficient (Wildman–Crippen LogP) is 3.58. The van der Waals surface area contributed by atoms with E-state index in [1.807, 2.05) is 60.7 Å². The first-order chi connectivity index (χ1) is 8.74. The summed E-state index contributed by atoms with van der Waals surface area (Å²) in [5.74, 6) is 0.121. The van der Waals surface area contributed by atoms with Crippen molar-refractivity contribution in [2.24, 2.45) is 0 Å². The summed E-state index contributed by atoms with van der Waals surface area (Å²) >= 11 is 0. The van der Waals surface area contributed by atoms with Crippen LogP contribution in [-0.2, 0) is 0 Å². The number of Topliss-reactive ketones (excluding diaryl/α,β-unsaturated/α-hetero) is 1. The molecule has 0 saturated heterocycles. The molecule has 0 aliphatic heterocycles. The molecule has 0 aliphatic rings. The van der Waals surface area contributed by atoms with E-state index in [9.17, 15) is 4.79 Å². The van der Waals surface area contributed by atoms with Crippen molar-refractivity contribution in [3.8, 4) is 12.5 Å². The highest BCUT2D eigenvalue weighted by atomic mass is 16.1. The van der Waals surface area contributed by atoms with E-state index in [4.69, 9.17) is 6.42 Å². The Hall–Kier alpha value is -2.53. The molecule has 0 saturated carbocycles. The molecule has 2 rings (SSSR count). The largest absolute Gasteiger partial charge is 0.315 e. The van der Waals surface area contributed by atoms with E-state index in [1.165, 1.54) is 0 Å². The van der Waals surface area contributed by atoms with E-state index in [2.05, 4.69) is 11.4 Å². The second kappa shape index (κ2) is 7.70. The van der Waals surface area contributed by atoms with Crippen molar-refractivity contribution in [2.45, 2.75) is 6.92 Å². The normalized spacial score (nSPS) is 8.44. The molecule has 0 aromatic heterocycles. The average molecular weight is 237 g/mol. The predicted molar refractivity (Wildman–Crippen MR) is 75.3 cm³/mol. The van der Waals surface area contributed by atoms with E-state index in [0.29, 0.717) is 0 Å². The number of benzene rings is 2. The molecule has 0 fully saturated rings. The van der Waals surface area contributed by atoms with Crippen molar-refractivity contribution >= 4 is 11.5 Å². The molecule has 2 aromatic carbocycles. The van der Waals surface area contributed by atoms with Gasteiger partial charge in [-0.15, -0.1) is 0 Å². The van der Waals surface area contributed by atoms with Gasteiger partial charge in [0, 0.05) is 17.3 Å². The fourth-order valence-corrected chi connectivity index (χ4v) is 1.28. The van der Waals surface area contributed by atoms with Gasteiger partial charge in [-0.3, -0.25) is 4.79 Å². The van der Waals surface area contributed by atoms with Crippen molar-refractivity contribution in [2.75, 3.05) is 5.32 Å². The van der Waals surface area contributed by atoms with Gasteiger partial charge in [0.1, 0.15) is 0 Å². The standard InChI is InChI=1S/C8H7N.C8H8O/c1-2-9-8-6-4-3-5-7-8;1-7(9)8-5-3-2-4-6-8/h1,3-7,9H;2-6H,1H3. The summed E-state index contributed by atoms with van der Waals surface area (Å²) in [6.45, 7) is 1.56. The molecular weight excluding hydrogens is 222 g/mol. The molecule has 0 amide bonds. The number of hydrogen-bond donors (Lipinski definition) is 1. The maximum absolute atomic E-state index is 10.6. The third kappa shape index (κ3) is 5.00. The maximum Gasteiger partial charge on any atom is 0.159 e. The molecule has 0 bridgehead atoms. The molecule has 0 spiro atoms. The summed E-state index contributed by atoms with van der Waals surface area (Å²) in [7, 11) is 0. The molecule has 90 valence electrons. The third-order valence-corrected chi connectivity index (χ3v) is 2.17. The molecular formula is C16H15NO. The number of terminal acetylenes is 1. The van der Waals surface area contributed by atoms with Gasteiger partial charge >= 0.3 is 0 Å². The zero-order valence-corrected chi connectivity index (χ0v) is 10.3. The van der Waals surface area contributed by atoms with E-state index >= 15 is 0 Å². The van der Waals surface area contributed by atoms with Crippen LogP contribution in [0.4, 0.5) is 5.69 Å². The van der Waals surface area contributed by atoms with Crippen LogP contribution in [0, 0.1) is 12.5 Å². The lowest BCUT2D eigenvalue weighted by Gasteiger charge is -1.93. The van der Waals surface area contributed by atoms with Crippen LogP contribution in [0.15, 0.2) is 60.7 Å². The number of carbonyl (C=O) groups excluding carboxylic acids is 1. The summed E-state index contributed by atoms with van der Waals surface area (Å²) in [5.41, 5.74) is 1.73. The van der Waals surface area contributed by atoms with Crippen LogP contribution < -0.4 is 5.32 Å². The Morgan fingerprint density at radius 3 is 1.89 bits per heavy atom. The smallest absolute Gasteiger partial charge is 0.159 e. The van der Waals surface area contributed by atoms with Crippen LogP contribution in [0.2, 0.25) is 0 Å². The van der Waals surface area contributed by atoms with Crippen LogP contribution >= 0.6 is 0 Å². The Morgan fingerprint density at radius 1 is 1.00 bits per heavy atom. The highest BCUT2D eigenvalue weighted by Crippen LogP contribution is 2.02. The minimum absolute atomic E-state index is 0.121. The average Bonchev–Trinajstić information content (AvgIpc) is 2.42. The SMILES string of the molecule is C#CNc1ccccc1.CC(=O)c1ccccc1. The Labute approximate surface area is 108 Å². The van der Waals surface area contributed by atoms with Gasteiger partial charge in [-0.05, 0) is 19.1 Å². The monoisotopic (exact) mass is 237 g/mol. The van der Waals surface area contributed by atoms with Crippen LogP contribution in [0.1, 0.15) is 17.3 Å². The van der Waals surface area contributed by atoms with E-state index in [0.717, 1.165) is 11.3 Å². The van der Waals surface area contributed by atoms with Crippen molar-refractivity contribution in [1.29, 1.82) is 0 Å². The van der Waals surface area contributed by atoms with Crippen LogP contribution in [0.3, 0.4) is 0 Å². The molecule has 2 nitrogen and oxygen atoms in total. The topological polar surface area (TPSA) is 29.1 Å². The van der Waals surface area contributed by atoms with Gasteiger partial charge in [-0.25, -0.2) is 0 Å². The lowest BCUT2D eigenvalue weighted by atomic mass is 10.2. The third-order valence-electron chi connectivity index (χ3n) is 2.17. The van der Waals surface area contributed by atoms with Crippen LogP contribution in [-0.4, -0.2) is 5.78 Å². The number of hydrogen-bond acceptors (Lipinski definition) is 2. The van der Waals surface area contributed by atoms with Gasteiger partial charge in [0.2, 0.25) is 0 Å². The molecule has 0 aliphatic carbocycles. The van der Waals surface area contributed by atoms with Gasteiger partial charge in [0.15, 0.2) is 5.78 Å². The summed E-state index contributed by atoms with van der Waals surface area (Å²) in [4.78, 5) is 10.6. The number of anilines is 1. The van der Waals surface area contributed by atoms with E-state index in [-0.39, 0.29) is 5.78 Å². The lowest BCUT2D eigenvalue weighted by Crippen LogP contribution is -1.88. The minimum atomic E-state index is 0.121. The van der Waals surface area contributed by atoms with Crippen LogP contribution in [0.25, 0.3) is 0 Å². The Kier molecular flexibility index (Phi) is 5.79. The number of nitrogens with one attached hydrogen (secondary N) is 1. The fraction of sp³-hybridized carbons (Fsp3) is 0.0625. The van der Waals surface area contributed by atoms with E-state index < -0.39 is 0 Å². The Morgan fingerprint density at radius 2 is 1.50 bits per heavy atom. The van der Waals surface area contributed by atoms with Gasteiger partial charge in [-0.2, -0.15) is 0 Å². The Balaban J connectivity index is 0.000000180. The van der Waals surface area contributed by atoms with Gasteiger partial charge in [0.25, 0.3) is 0 Å². The molecule has 0 heterocycles. The second-order valence-corrected chi connectivity index (χ2v) is 3.56. The first kappa shape index (κ1) is 13.5. The van der Waals surface area contributed by atoms with Crippen molar-refractivity contribution in [3.63, 3.8) is 0 Å². The van der Waals surface area contributed by atoms with Gasteiger partial charge in [-0.1, -0.05) is 55.0 Å². The molecule has 2 heteroatoms. The molecule has 0 radical (unpaired) electrons. The molecule has 18 heavy (non-hydrogen) atoms. The summed E-state index contributed by atoms with van der Waals surface area (Å²) < 4.78 is 0. The lowest BCUT2D eigenvalue weighted by molar-refractivity contribution is 0.101. The van der Waals surface area contributed by atoms with Crippen molar-refractivity contribution in [1.82, 2.24) is 0 Å². The van der Waals surface area contributed by atoms with Gasteiger partial charge < -0.3 is 5.32 Å². The molecule has 2 aromatic rings. The zero-order valence-electron chi connectivity index (χ0n) is 10.3. The summed E-state index contributed by atoms with van der Waals surface area (Å²) in [5, 5.41) is 2.74. The number of para-hydroxylation sites is 1. The van der Waals surface area contributed by atoms with Crippen molar-refractivity contribution in [3.05, 3.63) is 66.2 Å². The maximum atomic E-state index is 10.6.